The molecule has 0 saturated heterocycles. The molecule has 252 valence electrons. The van der Waals surface area contributed by atoms with Crippen molar-refractivity contribution in [2.75, 3.05) is 12.4 Å². The maximum absolute atomic E-state index is 13.5. The Morgan fingerprint density at radius 2 is 1.68 bits per heavy atom. The second-order valence-corrected chi connectivity index (χ2v) is 12.4. The molecule has 0 aliphatic rings. The number of nitro benzene ring substituents is 1. The summed E-state index contributed by atoms with van der Waals surface area (Å²) in [4.78, 5) is 39.9. The van der Waals surface area contributed by atoms with Crippen LogP contribution in [0.1, 0.15) is 28.4 Å². The molecule has 6 aromatic rings. The average Bonchev–Trinajstić information content (AvgIpc) is 3.59. The molecule has 1 amide bonds. The monoisotopic (exact) mass is 689 g/mol. The predicted octanol–water partition coefficient (Wildman–Crippen LogP) is 6.92. The number of amides is 1. The summed E-state index contributed by atoms with van der Waals surface area (Å²) < 4.78 is 7.88. The average molecular weight is 690 g/mol. The first-order chi connectivity index (χ1) is 24.1. The zero-order valence-corrected chi connectivity index (χ0v) is 28.0. The number of phenolic OH excluding ortho intramolecular Hbond substituents is 1. The molecule has 0 aliphatic heterocycles. The van der Waals surface area contributed by atoms with Gasteiger partial charge in [0.1, 0.15) is 17.2 Å². The van der Waals surface area contributed by atoms with Crippen LogP contribution in [0.3, 0.4) is 0 Å². The van der Waals surface area contributed by atoms with E-state index in [1.165, 1.54) is 28.9 Å². The molecule has 1 unspecified atom stereocenters. The molecule has 6 rings (SSSR count). The van der Waals surface area contributed by atoms with Crippen molar-refractivity contribution in [3.05, 3.63) is 130 Å². The molecule has 50 heavy (non-hydrogen) atoms. The number of carbonyl (C=O) groups excluding carboxylic acids is 2. The molecule has 0 aliphatic carbocycles. The number of anilines is 1. The Kier molecular flexibility index (Phi) is 9.83. The van der Waals surface area contributed by atoms with Crippen molar-refractivity contribution >= 4 is 44.9 Å². The minimum absolute atomic E-state index is 0.0170. The summed E-state index contributed by atoms with van der Waals surface area (Å²) in [5.74, 6) is -0.243. The number of thioether (sulfide) groups is 1. The van der Waals surface area contributed by atoms with Crippen LogP contribution in [0.2, 0.25) is 0 Å². The normalized spacial score (nSPS) is 11.8. The number of aromatic hydroxyl groups is 1. The van der Waals surface area contributed by atoms with Crippen LogP contribution in [0.4, 0.5) is 11.4 Å². The highest BCUT2D eigenvalue weighted by Crippen LogP contribution is 2.40. The number of phenols is 1. The molecule has 0 saturated carbocycles. The van der Waals surface area contributed by atoms with Crippen LogP contribution >= 0.6 is 11.8 Å². The van der Waals surface area contributed by atoms with Gasteiger partial charge in [-0.3, -0.25) is 24.6 Å². The highest BCUT2D eigenvalue weighted by molar-refractivity contribution is 8.13. The number of nitro groups is 1. The van der Waals surface area contributed by atoms with Crippen molar-refractivity contribution in [2.45, 2.75) is 31.6 Å². The second-order valence-electron chi connectivity index (χ2n) is 11.5. The van der Waals surface area contributed by atoms with E-state index in [-0.39, 0.29) is 40.2 Å². The zero-order valence-electron chi connectivity index (χ0n) is 27.2. The van der Waals surface area contributed by atoms with Gasteiger partial charge in [0.05, 0.1) is 22.2 Å². The molecular weight excluding hydrogens is 659 g/mol. The molecule has 0 bridgehead atoms. The quantitative estimate of drug-likeness (QED) is 0.0824. The van der Waals surface area contributed by atoms with Crippen LogP contribution in [-0.2, 0) is 11.3 Å². The first-order valence-corrected chi connectivity index (χ1v) is 16.2. The van der Waals surface area contributed by atoms with Gasteiger partial charge in [0, 0.05) is 40.7 Å². The van der Waals surface area contributed by atoms with Crippen LogP contribution in [-0.4, -0.2) is 59.2 Å². The standard InChI is InChI=1S/C36H31N7O6S/c1-22-11-7-10-16-30(22)37-34(45)29-20-32(27-14-8-9-15-28(27)33(29)44)49-31-18-17-26(43(47)48)19-24(31)21-41(3)23(2)35(46)50-36-38-39-40-42(36)25-12-5-4-6-13-25/h4-20,23,44H,21H2,1-3H3,(H,37,45). The van der Waals surface area contributed by atoms with Gasteiger partial charge in [-0.15, -0.1) is 5.10 Å². The minimum Gasteiger partial charge on any atom is -0.506 e. The first kappa shape index (κ1) is 33.8. The molecule has 5 aromatic carbocycles. The largest absolute Gasteiger partial charge is 0.506 e. The summed E-state index contributed by atoms with van der Waals surface area (Å²) in [6, 6.07) is 28.3. The van der Waals surface area contributed by atoms with Crippen LogP contribution in [0, 0.1) is 17.0 Å². The van der Waals surface area contributed by atoms with Gasteiger partial charge in [0.25, 0.3) is 11.6 Å². The van der Waals surface area contributed by atoms with Gasteiger partial charge in [0.15, 0.2) is 0 Å². The summed E-state index contributed by atoms with van der Waals surface area (Å²) in [7, 11) is 1.72. The van der Waals surface area contributed by atoms with Crippen LogP contribution in [0.5, 0.6) is 17.2 Å². The predicted molar refractivity (Wildman–Crippen MR) is 189 cm³/mol. The topological polar surface area (TPSA) is 166 Å². The number of para-hydroxylation sites is 2. The lowest BCUT2D eigenvalue weighted by molar-refractivity contribution is -0.384. The van der Waals surface area contributed by atoms with Gasteiger partial charge in [0.2, 0.25) is 10.3 Å². The molecule has 13 nitrogen and oxygen atoms in total. The molecular formula is C36H31N7O6S. The van der Waals surface area contributed by atoms with Crippen molar-refractivity contribution in [3.8, 4) is 22.9 Å². The maximum atomic E-state index is 13.5. The van der Waals surface area contributed by atoms with Gasteiger partial charge < -0.3 is 15.2 Å². The number of nitrogens with zero attached hydrogens (tertiary/aromatic N) is 6. The number of fused-ring (bicyclic) bond motifs is 1. The minimum atomic E-state index is -0.667. The number of nitrogens with one attached hydrogen (secondary N) is 1. The second kappa shape index (κ2) is 14.6. The SMILES string of the molecule is Cc1ccccc1NC(=O)c1cc(Oc2ccc([N+](=O)[O-])cc2CN(C)C(C)C(=O)Sc2nnnn2-c2ccccc2)c2ccccc2c1O. The number of aryl methyl sites for hydroxylation is 1. The number of hydrogen-bond acceptors (Lipinski definition) is 11. The van der Waals surface area contributed by atoms with Crippen molar-refractivity contribution in [1.29, 1.82) is 0 Å². The Morgan fingerprint density at radius 1 is 0.980 bits per heavy atom. The number of non-ortho nitro benzene ring substituents is 1. The molecule has 0 spiro atoms. The highest BCUT2D eigenvalue weighted by atomic mass is 32.2. The molecule has 1 aromatic heterocycles. The van der Waals surface area contributed by atoms with Crippen LogP contribution in [0.15, 0.2) is 108 Å². The van der Waals surface area contributed by atoms with E-state index in [0.717, 1.165) is 17.3 Å². The molecule has 0 radical (unpaired) electrons. The number of benzene rings is 5. The summed E-state index contributed by atoms with van der Waals surface area (Å²) >= 11 is 0.887. The number of ether oxygens (including phenoxy) is 1. The Morgan fingerprint density at radius 3 is 2.42 bits per heavy atom. The van der Waals surface area contributed by atoms with E-state index in [4.69, 9.17) is 4.74 Å². The van der Waals surface area contributed by atoms with Gasteiger partial charge >= 0.3 is 0 Å². The van der Waals surface area contributed by atoms with E-state index in [1.54, 1.807) is 55.3 Å². The number of tetrazole rings is 1. The van der Waals surface area contributed by atoms with Gasteiger partial charge in [-0.05, 0) is 79.0 Å². The summed E-state index contributed by atoms with van der Waals surface area (Å²) in [6.45, 7) is 3.67. The summed E-state index contributed by atoms with van der Waals surface area (Å²) in [5, 5.41) is 38.5. The Bertz CT molecular complexity index is 2230. The lowest BCUT2D eigenvalue weighted by atomic mass is 10.0. The third kappa shape index (κ3) is 7.16. The van der Waals surface area contributed by atoms with Crippen molar-refractivity contribution < 1.29 is 24.4 Å². The van der Waals surface area contributed by atoms with Crippen molar-refractivity contribution in [2.24, 2.45) is 0 Å². The number of likely N-dealkylation sites (N-methyl/N-ethyl adjacent to an activating group) is 1. The van der Waals surface area contributed by atoms with Gasteiger partial charge in [-0.1, -0.05) is 60.7 Å². The Balaban J connectivity index is 1.29. The van der Waals surface area contributed by atoms with Gasteiger partial charge in [-0.25, -0.2) is 0 Å². The smallest absolute Gasteiger partial charge is 0.270 e. The molecule has 1 heterocycles. The summed E-state index contributed by atoms with van der Waals surface area (Å²) in [6.07, 6.45) is 0. The maximum Gasteiger partial charge on any atom is 0.270 e. The molecule has 1 atom stereocenters. The van der Waals surface area contributed by atoms with Crippen molar-refractivity contribution in [3.63, 3.8) is 0 Å². The molecule has 2 N–H and O–H groups in total. The fourth-order valence-electron chi connectivity index (χ4n) is 5.24. The highest BCUT2D eigenvalue weighted by Gasteiger charge is 2.25. The van der Waals surface area contributed by atoms with Crippen LogP contribution < -0.4 is 10.1 Å². The fraction of sp³-hybridized carbons (Fsp3) is 0.139. The Hall–Kier alpha value is -6.12. The van der Waals surface area contributed by atoms with E-state index in [9.17, 15) is 24.8 Å². The first-order valence-electron chi connectivity index (χ1n) is 15.4. The number of hydrogen-bond donors (Lipinski definition) is 2. The number of carbonyl (C=O) groups is 2. The number of rotatable bonds is 11. The van der Waals surface area contributed by atoms with Crippen molar-refractivity contribution in [1.82, 2.24) is 25.1 Å². The lowest BCUT2D eigenvalue weighted by Crippen LogP contribution is -2.34. The van der Waals surface area contributed by atoms with E-state index in [0.29, 0.717) is 32.9 Å². The summed E-state index contributed by atoms with van der Waals surface area (Å²) in [5.41, 5.74) is 2.37. The van der Waals surface area contributed by atoms with Gasteiger partial charge in [-0.2, -0.15) is 4.68 Å². The van der Waals surface area contributed by atoms with E-state index in [1.807, 2.05) is 49.4 Å². The Labute approximate surface area is 290 Å². The zero-order chi connectivity index (χ0) is 35.4. The number of aromatic nitrogens is 4. The lowest BCUT2D eigenvalue weighted by Gasteiger charge is -2.24. The molecule has 0 fully saturated rings. The van der Waals surface area contributed by atoms with E-state index >= 15 is 0 Å². The third-order valence-electron chi connectivity index (χ3n) is 8.15. The fourth-order valence-corrected chi connectivity index (χ4v) is 6.08. The van der Waals surface area contributed by atoms with Crippen LogP contribution in [0.25, 0.3) is 16.5 Å². The van der Waals surface area contributed by atoms with E-state index in [2.05, 4.69) is 20.8 Å². The third-order valence-corrected chi connectivity index (χ3v) is 9.13. The van der Waals surface area contributed by atoms with E-state index < -0.39 is 16.9 Å². The molecule has 14 heteroatoms.